The van der Waals surface area contributed by atoms with Crippen LogP contribution >= 0.6 is 0 Å². The van der Waals surface area contributed by atoms with Gasteiger partial charge in [0.2, 0.25) is 0 Å². The molecule has 0 aliphatic carbocycles. The maximum Gasteiger partial charge on any atom is 0.181 e. The van der Waals surface area contributed by atoms with E-state index in [-0.39, 0.29) is 17.2 Å². The molecular weight excluding hydrogens is 238 g/mol. The van der Waals surface area contributed by atoms with Crippen LogP contribution in [-0.4, -0.2) is 31.4 Å². The van der Waals surface area contributed by atoms with E-state index in [9.17, 15) is 13.5 Å². The number of hydrogen-bond acceptors (Lipinski definition) is 4. The van der Waals surface area contributed by atoms with E-state index >= 15 is 0 Å². The van der Waals surface area contributed by atoms with Crippen LogP contribution in [0.25, 0.3) is 0 Å². The molecule has 0 saturated carbocycles. The Morgan fingerprint density at radius 2 is 1.82 bits per heavy atom. The van der Waals surface area contributed by atoms with Crippen molar-refractivity contribution >= 4 is 9.84 Å². The van der Waals surface area contributed by atoms with Crippen molar-refractivity contribution in [3.8, 4) is 0 Å². The second-order valence-corrected chi connectivity index (χ2v) is 6.45. The van der Waals surface area contributed by atoms with E-state index < -0.39 is 15.4 Å². The van der Waals surface area contributed by atoms with Crippen molar-refractivity contribution in [1.82, 2.24) is 0 Å². The Kier molecular flexibility index (Phi) is 4.30. The van der Waals surface area contributed by atoms with E-state index in [1.807, 2.05) is 6.92 Å². The van der Waals surface area contributed by atoms with Gasteiger partial charge < -0.3 is 10.8 Å². The highest BCUT2D eigenvalue weighted by Crippen LogP contribution is 2.17. The topological polar surface area (TPSA) is 80.4 Å². The van der Waals surface area contributed by atoms with Gasteiger partial charge in [-0.3, -0.25) is 0 Å². The molecule has 1 rings (SSSR count). The van der Waals surface area contributed by atoms with Gasteiger partial charge in [0.15, 0.2) is 9.84 Å². The minimum atomic E-state index is -3.49. The minimum Gasteiger partial charge on any atom is -0.388 e. The molecule has 1 aromatic rings. The predicted molar refractivity (Wildman–Crippen MR) is 67.6 cm³/mol. The Morgan fingerprint density at radius 3 is 2.24 bits per heavy atom. The van der Waals surface area contributed by atoms with Crippen molar-refractivity contribution in [2.75, 3.05) is 12.3 Å². The van der Waals surface area contributed by atoms with Crippen molar-refractivity contribution in [3.05, 3.63) is 29.8 Å². The van der Waals surface area contributed by atoms with Crippen LogP contribution in [0.5, 0.6) is 0 Å². The lowest BCUT2D eigenvalue weighted by Crippen LogP contribution is -2.41. The third kappa shape index (κ3) is 3.80. The number of hydrogen-bond donors (Lipinski definition) is 2. The van der Waals surface area contributed by atoms with Crippen LogP contribution < -0.4 is 5.73 Å². The number of benzene rings is 1. The van der Waals surface area contributed by atoms with Crippen molar-refractivity contribution in [1.29, 1.82) is 0 Å². The van der Waals surface area contributed by atoms with E-state index in [1.165, 1.54) is 6.92 Å². The van der Waals surface area contributed by atoms with Gasteiger partial charge in [0.25, 0.3) is 0 Å². The number of nitrogens with two attached hydrogens (primary N) is 1. The average molecular weight is 257 g/mol. The summed E-state index contributed by atoms with van der Waals surface area (Å²) in [7, 11) is -3.49. The molecule has 17 heavy (non-hydrogen) atoms. The summed E-state index contributed by atoms with van der Waals surface area (Å²) in [5.74, 6) is -0.359. The van der Waals surface area contributed by atoms with Crippen LogP contribution in [-0.2, 0) is 16.3 Å². The first-order valence-corrected chi connectivity index (χ1v) is 7.20. The van der Waals surface area contributed by atoms with E-state index in [0.29, 0.717) is 0 Å². The first kappa shape index (κ1) is 14.2. The van der Waals surface area contributed by atoms with Gasteiger partial charge in [-0.15, -0.1) is 0 Å². The highest BCUT2D eigenvalue weighted by atomic mass is 32.2. The van der Waals surface area contributed by atoms with Gasteiger partial charge in [-0.05, 0) is 31.0 Å². The monoisotopic (exact) mass is 257 g/mol. The van der Waals surface area contributed by atoms with E-state index in [2.05, 4.69) is 0 Å². The maximum absolute atomic E-state index is 12.0. The lowest BCUT2D eigenvalue weighted by molar-refractivity contribution is 0.0930. The minimum absolute atomic E-state index is 0.0841. The van der Waals surface area contributed by atoms with Crippen LogP contribution in [0, 0.1) is 0 Å². The highest BCUT2D eigenvalue weighted by Gasteiger charge is 2.28. The highest BCUT2D eigenvalue weighted by molar-refractivity contribution is 7.91. The second kappa shape index (κ2) is 5.16. The Bertz CT molecular complexity index is 463. The van der Waals surface area contributed by atoms with Gasteiger partial charge in [-0.2, -0.15) is 0 Å². The molecular formula is C12H19NO3S. The summed E-state index contributed by atoms with van der Waals surface area (Å²) in [4.78, 5) is 0.225. The molecule has 1 atom stereocenters. The molecule has 3 N–H and O–H groups in total. The lowest BCUT2D eigenvalue weighted by Gasteiger charge is -2.20. The Balaban J connectivity index is 2.97. The second-order valence-electron chi connectivity index (χ2n) is 4.46. The van der Waals surface area contributed by atoms with E-state index in [4.69, 9.17) is 5.73 Å². The first-order valence-electron chi connectivity index (χ1n) is 5.55. The zero-order chi connectivity index (χ0) is 13.1. The van der Waals surface area contributed by atoms with Crippen LogP contribution in [0.3, 0.4) is 0 Å². The van der Waals surface area contributed by atoms with Gasteiger partial charge in [0, 0.05) is 6.54 Å². The number of aliphatic hydroxyl groups is 1. The molecule has 0 saturated heterocycles. The smallest absolute Gasteiger partial charge is 0.181 e. The van der Waals surface area contributed by atoms with Crippen LogP contribution in [0.4, 0.5) is 0 Å². The predicted octanol–water partition coefficient (Wildman–Crippen LogP) is 0.732. The summed E-state index contributed by atoms with van der Waals surface area (Å²) in [6.07, 6.45) is 0.862. The SMILES string of the molecule is CCc1ccc(S(=O)(=O)CC(C)(O)CN)cc1. The molecule has 0 fully saturated rings. The largest absolute Gasteiger partial charge is 0.388 e. The summed E-state index contributed by atoms with van der Waals surface area (Å²) in [5, 5.41) is 9.72. The summed E-state index contributed by atoms with van der Waals surface area (Å²) in [5.41, 5.74) is 5.01. The Morgan fingerprint density at radius 1 is 1.29 bits per heavy atom. The molecule has 0 radical (unpaired) electrons. The van der Waals surface area contributed by atoms with E-state index in [0.717, 1.165) is 12.0 Å². The van der Waals surface area contributed by atoms with Crippen molar-refractivity contribution < 1.29 is 13.5 Å². The van der Waals surface area contributed by atoms with Crippen molar-refractivity contribution in [2.24, 2.45) is 5.73 Å². The fourth-order valence-corrected chi connectivity index (χ4v) is 3.14. The molecule has 0 aromatic heterocycles. The maximum atomic E-state index is 12.0. The molecule has 0 aliphatic rings. The molecule has 0 heterocycles. The summed E-state index contributed by atoms with van der Waals surface area (Å²) in [6.45, 7) is 3.34. The molecule has 5 heteroatoms. The molecule has 1 aromatic carbocycles. The normalized spacial score (nSPS) is 15.5. The average Bonchev–Trinajstić information content (AvgIpc) is 2.28. The Hall–Kier alpha value is -0.910. The summed E-state index contributed by atoms with van der Waals surface area (Å²) < 4.78 is 24.0. The molecule has 4 nitrogen and oxygen atoms in total. The third-order valence-corrected chi connectivity index (χ3v) is 4.62. The zero-order valence-electron chi connectivity index (χ0n) is 10.2. The molecule has 0 amide bonds. The summed E-state index contributed by atoms with van der Waals surface area (Å²) >= 11 is 0. The van der Waals surface area contributed by atoms with E-state index in [1.54, 1.807) is 24.3 Å². The van der Waals surface area contributed by atoms with Crippen molar-refractivity contribution in [2.45, 2.75) is 30.8 Å². The fraction of sp³-hybridized carbons (Fsp3) is 0.500. The molecule has 0 aliphatic heterocycles. The molecule has 0 spiro atoms. The third-order valence-electron chi connectivity index (χ3n) is 2.63. The lowest BCUT2D eigenvalue weighted by atomic mass is 10.1. The molecule has 0 bridgehead atoms. The van der Waals surface area contributed by atoms with Crippen LogP contribution in [0.1, 0.15) is 19.4 Å². The standard InChI is InChI=1S/C12H19NO3S/c1-3-10-4-6-11(7-5-10)17(15,16)9-12(2,14)8-13/h4-7,14H,3,8-9,13H2,1-2H3. The first-order chi connectivity index (χ1) is 7.80. The zero-order valence-corrected chi connectivity index (χ0v) is 11.0. The van der Waals surface area contributed by atoms with Crippen LogP contribution in [0.2, 0.25) is 0 Å². The number of rotatable bonds is 5. The molecule has 1 unspecified atom stereocenters. The number of aryl methyl sites for hydroxylation is 1. The number of sulfone groups is 1. The van der Waals surface area contributed by atoms with Crippen LogP contribution in [0.15, 0.2) is 29.2 Å². The van der Waals surface area contributed by atoms with Gasteiger partial charge in [-0.1, -0.05) is 19.1 Å². The quantitative estimate of drug-likeness (QED) is 0.815. The fourth-order valence-electron chi connectivity index (χ4n) is 1.48. The van der Waals surface area contributed by atoms with Gasteiger partial charge in [0.05, 0.1) is 16.2 Å². The van der Waals surface area contributed by atoms with Gasteiger partial charge >= 0.3 is 0 Å². The summed E-state index contributed by atoms with van der Waals surface area (Å²) in [6, 6.07) is 6.70. The Labute approximate surface area is 102 Å². The van der Waals surface area contributed by atoms with Gasteiger partial charge in [-0.25, -0.2) is 8.42 Å². The van der Waals surface area contributed by atoms with Crippen molar-refractivity contribution in [3.63, 3.8) is 0 Å². The van der Waals surface area contributed by atoms with Gasteiger partial charge in [0.1, 0.15) is 0 Å². The molecule has 96 valence electrons.